The molecule has 5 nitrogen and oxygen atoms in total. The number of carboxylic acid groups (broad SMARTS) is 1. The number of hydrogen-bond acceptors (Lipinski definition) is 3. The number of hydrogen-bond donors (Lipinski definition) is 2. The van der Waals surface area contributed by atoms with E-state index >= 15 is 0 Å². The summed E-state index contributed by atoms with van der Waals surface area (Å²) < 4.78 is 4.70. The van der Waals surface area contributed by atoms with Gasteiger partial charge in [0.05, 0.1) is 11.8 Å². The summed E-state index contributed by atoms with van der Waals surface area (Å²) >= 11 is 0. The van der Waals surface area contributed by atoms with Gasteiger partial charge in [-0.2, -0.15) is 0 Å². The molecular formula is C9H11NO4. The van der Waals surface area contributed by atoms with E-state index in [4.69, 9.17) is 9.52 Å². The molecule has 1 heterocycles. The lowest BCUT2D eigenvalue weighted by Crippen LogP contribution is -2.40. The smallest absolute Gasteiger partial charge is 0.326 e. The summed E-state index contributed by atoms with van der Waals surface area (Å²) in [4.78, 5) is 21.9. The minimum atomic E-state index is -1.04. The molecule has 0 aliphatic heterocycles. The van der Waals surface area contributed by atoms with Crippen molar-refractivity contribution < 1.29 is 19.1 Å². The Labute approximate surface area is 80.7 Å². The summed E-state index contributed by atoms with van der Waals surface area (Å²) in [6, 6.07) is 0.626. The van der Waals surface area contributed by atoms with Gasteiger partial charge in [0.15, 0.2) is 0 Å². The molecular weight excluding hydrogens is 186 g/mol. The molecule has 1 unspecified atom stereocenters. The Morgan fingerprint density at radius 2 is 2.36 bits per heavy atom. The zero-order valence-corrected chi connectivity index (χ0v) is 7.69. The van der Waals surface area contributed by atoms with Crippen LogP contribution < -0.4 is 5.32 Å². The fourth-order valence-electron chi connectivity index (χ4n) is 0.974. The van der Waals surface area contributed by atoms with Gasteiger partial charge < -0.3 is 14.8 Å². The molecule has 0 saturated heterocycles. The van der Waals surface area contributed by atoms with E-state index in [1.807, 2.05) is 0 Å². The number of carbonyl (C=O) groups excluding carboxylic acids is 1. The molecule has 5 heteroatoms. The van der Waals surface area contributed by atoms with E-state index in [2.05, 4.69) is 5.32 Å². The molecule has 0 aliphatic rings. The first kappa shape index (κ1) is 10.3. The topological polar surface area (TPSA) is 79.5 Å². The van der Waals surface area contributed by atoms with Crippen LogP contribution >= 0.6 is 0 Å². The molecule has 14 heavy (non-hydrogen) atoms. The number of nitrogens with one attached hydrogen (secondary N) is 1. The fourth-order valence-corrected chi connectivity index (χ4v) is 0.974. The first-order valence-electron chi connectivity index (χ1n) is 4.21. The van der Waals surface area contributed by atoms with Crippen molar-refractivity contribution in [1.82, 2.24) is 5.32 Å². The number of amides is 1. The zero-order chi connectivity index (χ0) is 10.6. The van der Waals surface area contributed by atoms with Gasteiger partial charge in [-0.05, 0) is 12.5 Å². The van der Waals surface area contributed by atoms with E-state index in [0.717, 1.165) is 0 Å². The summed E-state index contributed by atoms with van der Waals surface area (Å²) in [5, 5.41) is 11.1. The highest BCUT2D eigenvalue weighted by molar-refractivity contribution is 5.96. The predicted octanol–water partition coefficient (Wildman–Crippen LogP) is 0.873. The highest BCUT2D eigenvalue weighted by Crippen LogP contribution is 2.01. The molecule has 0 aromatic carbocycles. The second kappa shape index (κ2) is 4.45. The van der Waals surface area contributed by atoms with Crippen molar-refractivity contribution in [3.8, 4) is 0 Å². The molecule has 1 atom stereocenters. The monoisotopic (exact) mass is 197 g/mol. The second-order valence-electron chi connectivity index (χ2n) is 2.78. The van der Waals surface area contributed by atoms with Crippen LogP contribution in [-0.2, 0) is 4.79 Å². The lowest BCUT2D eigenvalue weighted by Gasteiger charge is -2.10. The highest BCUT2D eigenvalue weighted by Gasteiger charge is 2.18. The average Bonchev–Trinajstić information content (AvgIpc) is 2.65. The predicted molar refractivity (Wildman–Crippen MR) is 47.9 cm³/mol. The molecule has 0 saturated carbocycles. The summed E-state index contributed by atoms with van der Waals surface area (Å²) in [6.45, 7) is 1.69. The van der Waals surface area contributed by atoms with E-state index < -0.39 is 17.9 Å². The number of rotatable bonds is 4. The molecule has 0 aliphatic carbocycles. The number of carboxylic acids is 1. The van der Waals surface area contributed by atoms with Crippen molar-refractivity contribution in [2.24, 2.45) is 0 Å². The van der Waals surface area contributed by atoms with Crippen molar-refractivity contribution in [2.45, 2.75) is 19.4 Å². The maximum atomic E-state index is 11.3. The van der Waals surface area contributed by atoms with Crippen molar-refractivity contribution in [3.63, 3.8) is 0 Å². The SMILES string of the molecule is CCC(NC(=O)c1ccoc1)C(=O)O. The third-order valence-electron chi connectivity index (χ3n) is 1.80. The van der Waals surface area contributed by atoms with Crippen LogP contribution in [0.15, 0.2) is 23.0 Å². The van der Waals surface area contributed by atoms with Crippen molar-refractivity contribution >= 4 is 11.9 Å². The van der Waals surface area contributed by atoms with Gasteiger partial charge in [-0.15, -0.1) is 0 Å². The molecule has 1 aromatic rings. The molecule has 2 N–H and O–H groups in total. The lowest BCUT2D eigenvalue weighted by atomic mass is 10.2. The Morgan fingerprint density at radius 3 is 2.79 bits per heavy atom. The molecule has 0 bridgehead atoms. The molecule has 0 radical (unpaired) electrons. The summed E-state index contributed by atoms with van der Waals surface area (Å²) in [5.41, 5.74) is 0.324. The normalized spacial score (nSPS) is 12.1. The standard InChI is InChI=1S/C9H11NO4/c1-2-7(9(12)13)10-8(11)6-3-4-14-5-6/h3-5,7H,2H2,1H3,(H,10,11)(H,12,13). The van der Waals surface area contributed by atoms with Crippen LogP contribution in [0.3, 0.4) is 0 Å². The van der Waals surface area contributed by atoms with Crippen LogP contribution in [0.2, 0.25) is 0 Å². The quantitative estimate of drug-likeness (QED) is 0.750. The Balaban J connectivity index is 2.60. The summed E-state index contributed by atoms with van der Waals surface area (Å²) in [5.74, 6) is -1.47. The van der Waals surface area contributed by atoms with Gasteiger partial charge in [0.25, 0.3) is 5.91 Å². The Bertz CT molecular complexity index is 318. The maximum Gasteiger partial charge on any atom is 0.326 e. The number of aliphatic carboxylic acids is 1. The Kier molecular flexibility index (Phi) is 3.28. The molecule has 0 spiro atoms. The molecule has 1 aromatic heterocycles. The van der Waals surface area contributed by atoms with Crippen LogP contribution in [-0.4, -0.2) is 23.0 Å². The second-order valence-corrected chi connectivity index (χ2v) is 2.78. The van der Waals surface area contributed by atoms with Crippen LogP contribution in [0, 0.1) is 0 Å². The van der Waals surface area contributed by atoms with E-state index in [1.54, 1.807) is 6.92 Å². The van der Waals surface area contributed by atoms with Gasteiger partial charge in [-0.25, -0.2) is 4.79 Å². The molecule has 76 valence electrons. The number of carbonyl (C=O) groups is 2. The molecule has 0 fully saturated rings. The number of furan rings is 1. The van der Waals surface area contributed by atoms with Crippen LogP contribution in [0.25, 0.3) is 0 Å². The van der Waals surface area contributed by atoms with Crippen molar-refractivity contribution in [2.75, 3.05) is 0 Å². The first-order chi connectivity index (χ1) is 6.65. The Morgan fingerprint density at radius 1 is 1.64 bits per heavy atom. The van der Waals surface area contributed by atoms with E-state index in [9.17, 15) is 9.59 Å². The third-order valence-corrected chi connectivity index (χ3v) is 1.80. The Hall–Kier alpha value is -1.78. The molecule has 1 rings (SSSR count). The van der Waals surface area contributed by atoms with E-state index in [0.29, 0.717) is 12.0 Å². The zero-order valence-electron chi connectivity index (χ0n) is 7.69. The van der Waals surface area contributed by atoms with Gasteiger partial charge in [-0.3, -0.25) is 4.79 Å². The van der Waals surface area contributed by atoms with Crippen molar-refractivity contribution in [3.05, 3.63) is 24.2 Å². The van der Waals surface area contributed by atoms with E-state index in [1.165, 1.54) is 18.6 Å². The van der Waals surface area contributed by atoms with Gasteiger partial charge in [-0.1, -0.05) is 6.92 Å². The lowest BCUT2D eigenvalue weighted by molar-refractivity contribution is -0.139. The first-order valence-corrected chi connectivity index (χ1v) is 4.21. The van der Waals surface area contributed by atoms with Crippen LogP contribution in [0.4, 0.5) is 0 Å². The van der Waals surface area contributed by atoms with Gasteiger partial charge in [0.1, 0.15) is 12.3 Å². The fraction of sp³-hybridized carbons (Fsp3) is 0.333. The summed E-state index contributed by atoms with van der Waals surface area (Å²) in [7, 11) is 0. The minimum Gasteiger partial charge on any atom is -0.480 e. The minimum absolute atomic E-state index is 0.324. The molecule has 1 amide bonds. The van der Waals surface area contributed by atoms with Crippen molar-refractivity contribution in [1.29, 1.82) is 0 Å². The maximum absolute atomic E-state index is 11.3. The van der Waals surface area contributed by atoms with Gasteiger partial charge in [0, 0.05) is 0 Å². The summed E-state index contributed by atoms with van der Waals surface area (Å²) in [6.07, 6.45) is 2.97. The van der Waals surface area contributed by atoms with Gasteiger partial charge in [0.2, 0.25) is 0 Å². The van der Waals surface area contributed by atoms with Crippen LogP contribution in [0.5, 0.6) is 0 Å². The van der Waals surface area contributed by atoms with E-state index in [-0.39, 0.29) is 0 Å². The third kappa shape index (κ3) is 2.35. The average molecular weight is 197 g/mol. The van der Waals surface area contributed by atoms with Gasteiger partial charge >= 0.3 is 5.97 Å². The highest BCUT2D eigenvalue weighted by atomic mass is 16.4. The van der Waals surface area contributed by atoms with Crippen LogP contribution in [0.1, 0.15) is 23.7 Å². The largest absolute Gasteiger partial charge is 0.480 e.